The van der Waals surface area contributed by atoms with Crippen molar-refractivity contribution >= 4 is 5.78 Å². The summed E-state index contributed by atoms with van der Waals surface area (Å²) in [5, 5.41) is 9.45. The molecule has 0 radical (unpaired) electrons. The molecule has 0 aliphatic rings. The number of carbonyl (C=O) groups is 1. The van der Waals surface area contributed by atoms with E-state index in [-0.39, 0.29) is 22.9 Å². The van der Waals surface area contributed by atoms with Gasteiger partial charge in [-0.1, -0.05) is 34.6 Å². The molecule has 0 heterocycles. The van der Waals surface area contributed by atoms with E-state index in [4.69, 9.17) is 0 Å². The summed E-state index contributed by atoms with van der Waals surface area (Å²) in [6.07, 6.45) is 1.32. The molecule has 0 bridgehead atoms. The van der Waals surface area contributed by atoms with E-state index in [1.807, 2.05) is 34.6 Å². The summed E-state index contributed by atoms with van der Waals surface area (Å²) >= 11 is 0. The van der Waals surface area contributed by atoms with Crippen LogP contribution in [0.5, 0.6) is 0 Å². The van der Waals surface area contributed by atoms with Crippen molar-refractivity contribution in [2.24, 2.45) is 11.3 Å². The Labute approximate surface area is 74.3 Å². The molecule has 0 rings (SSSR count). The molecule has 70 valence electrons. The van der Waals surface area contributed by atoms with Gasteiger partial charge in [0.05, 0.1) is 0 Å². The molecule has 1 N–H and O–H groups in total. The highest BCUT2D eigenvalue weighted by Gasteiger charge is 2.17. The Morgan fingerprint density at radius 3 is 2.00 bits per heavy atom. The predicted molar refractivity (Wildman–Crippen MR) is 50.0 cm³/mol. The monoisotopic (exact) mass is 170 g/mol. The van der Waals surface area contributed by atoms with Gasteiger partial charge in [-0.2, -0.15) is 0 Å². The second-order valence-electron chi connectivity index (χ2n) is 4.34. The molecular formula is C10H18O2. The van der Waals surface area contributed by atoms with Crippen LogP contribution in [0.3, 0.4) is 0 Å². The first-order valence-corrected chi connectivity index (χ1v) is 4.20. The zero-order valence-corrected chi connectivity index (χ0v) is 8.51. The molecular weight excluding hydrogens is 152 g/mol. The smallest absolute Gasteiger partial charge is 0.161 e. The normalized spacial score (nSPS) is 13.7. The lowest BCUT2D eigenvalue weighted by Crippen LogP contribution is -2.12. The first-order valence-electron chi connectivity index (χ1n) is 4.20. The number of ketones is 1. The largest absolute Gasteiger partial charge is 0.512 e. The summed E-state index contributed by atoms with van der Waals surface area (Å²) in [6.45, 7) is 9.23. The molecule has 0 aliphatic heterocycles. The number of allylic oxidation sites excluding steroid dienone is 2. The van der Waals surface area contributed by atoms with Gasteiger partial charge in [0.2, 0.25) is 0 Å². The molecule has 0 saturated heterocycles. The van der Waals surface area contributed by atoms with Gasteiger partial charge in [0.1, 0.15) is 5.76 Å². The number of hydrogen-bond acceptors (Lipinski definition) is 2. The van der Waals surface area contributed by atoms with Gasteiger partial charge >= 0.3 is 0 Å². The molecule has 0 spiro atoms. The molecule has 0 fully saturated rings. The number of carbonyl (C=O) groups excluding carboxylic acids is 1. The highest BCUT2D eigenvalue weighted by atomic mass is 16.3. The van der Waals surface area contributed by atoms with E-state index in [0.717, 1.165) is 0 Å². The van der Waals surface area contributed by atoms with Crippen molar-refractivity contribution in [3.05, 3.63) is 11.8 Å². The molecule has 2 heteroatoms. The zero-order chi connectivity index (χ0) is 9.94. The second kappa shape index (κ2) is 3.74. The van der Waals surface area contributed by atoms with Gasteiger partial charge in [-0.3, -0.25) is 4.79 Å². The fourth-order valence-electron chi connectivity index (χ4n) is 0.518. The third kappa shape index (κ3) is 3.56. The third-order valence-corrected chi connectivity index (χ3v) is 1.62. The minimum absolute atomic E-state index is 0.0255. The summed E-state index contributed by atoms with van der Waals surface area (Å²) in [6, 6.07) is 0. The molecule has 0 aromatic carbocycles. The van der Waals surface area contributed by atoms with Crippen LogP contribution < -0.4 is 0 Å². The lowest BCUT2D eigenvalue weighted by molar-refractivity contribution is -0.117. The summed E-state index contributed by atoms with van der Waals surface area (Å²) in [5.74, 6) is 0.0816. The van der Waals surface area contributed by atoms with Crippen LogP contribution in [0.1, 0.15) is 34.6 Å². The van der Waals surface area contributed by atoms with Gasteiger partial charge in [-0.15, -0.1) is 0 Å². The summed E-state index contributed by atoms with van der Waals surface area (Å²) in [7, 11) is 0. The van der Waals surface area contributed by atoms with E-state index in [2.05, 4.69) is 0 Å². The Kier molecular flexibility index (Phi) is 3.50. The quantitative estimate of drug-likeness (QED) is 0.511. The fourth-order valence-corrected chi connectivity index (χ4v) is 0.518. The van der Waals surface area contributed by atoms with Crippen LogP contribution >= 0.6 is 0 Å². The molecule has 0 amide bonds. The van der Waals surface area contributed by atoms with Crippen LogP contribution in [0.25, 0.3) is 0 Å². The standard InChI is InChI=1S/C10H18O2/c1-7(2)8(11)6-9(12)10(3,4)5/h6-7,12H,1-5H3/b9-6-. The molecule has 0 aliphatic carbocycles. The second-order valence-corrected chi connectivity index (χ2v) is 4.34. The average molecular weight is 170 g/mol. The molecule has 0 saturated carbocycles. The predicted octanol–water partition coefficient (Wildman–Crippen LogP) is 2.70. The zero-order valence-electron chi connectivity index (χ0n) is 8.51. The van der Waals surface area contributed by atoms with Gasteiger partial charge in [-0.05, 0) is 0 Å². The van der Waals surface area contributed by atoms with Crippen molar-refractivity contribution in [1.29, 1.82) is 0 Å². The van der Waals surface area contributed by atoms with Crippen molar-refractivity contribution in [2.75, 3.05) is 0 Å². The Morgan fingerprint density at radius 1 is 1.33 bits per heavy atom. The number of aliphatic hydroxyl groups is 1. The maximum atomic E-state index is 11.2. The summed E-state index contributed by atoms with van der Waals surface area (Å²) in [4.78, 5) is 11.2. The van der Waals surface area contributed by atoms with Crippen LogP contribution in [0.15, 0.2) is 11.8 Å². The summed E-state index contributed by atoms with van der Waals surface area (Å²) < 4.78 is 0. The lowest BCUT2D eigenvalue weighted by Gasteiger charge is -2.17. The minimum atomic E-state index is -0.329. The first kappa shape index (κ1) is 11.2. The van der Waals surface area contributed by atoms with E-state index in [9.17, 15) is 9.90 Å². The first-order chi connectivity index (χ1) is 5.25. The number of rotatable bonds is 2. The molecule has 2 nitrogen and oxygen atoms in total. The molecule has 12 heavy (non-hydrogen) atoms. The van der Waals surface area contributed by atoms with Gasteiger partial charge in [-0.25, -0.2) is 0 Å². The Balaban J connectivity index is 4.48. The van der Waals surface area contributed by atoms with Crippen molar-refractivity contribution in [3.8, 4) is 0 Å². The number of aliphatic hydroxyl groups excluding tert-OH is 1. The van der Waals surface area contributed by atoms with Crippen LogP contribution in [-0.4, -0.2) is 10.9 Å². The fraction of sp³-hybridized carbons (Fsp3) is 0.700. The maximum Gasteiger partial charge on any atom is 0.161 e. The Morgan fingerprint density at radius 2 is 1.75 bits per heavy atom. The lowest BCUT2D eigenvalue weighted by atomic mass is 9.92. The molecule has 0 aromatic rings. The molecule has 0 unspecified atom stereocenters. The molecule has 0 atom stereocenters. The Hall–Kier alpha value is -0.790. The third-order valence-electron chi connectivity index (χ3n) is 1.62. The SMILES string of the molecule is CC(C)C(=O)/C=C(\O)C(C)(C)C. The van der Waals surface area contributed by atoms with E-state index in [0.29, 0.717) is 0 Å². The Bertz CT molecular complexity index is 194. The van der Waals surface area contributed by atoms with Gasteiger partial charge in [0, 0.05) is 17.4 Å². The maximum absolute atomic E-state index is 11.2. The van der Waals surface area contributed by atoms with Crippen molar-refractivity contribution in [1.82, 2.24) is 0 Å². The average Bonchev–Trinajstić information content (AvgIpc) is 1.85. The van der Waals surface area contributed by atoms with Gasteiger partial charge in [0.15, 0.2) is 5.78 Å². The van der Waals surface area contributed by atoms with Gasteiger partial charge in [0.25, 0.3) is 0 Å². The summed E-state index contributed by atoms with van der Waals surface area (Å²) in [5.41, 5.74) is -0.329. The van der Waals surface area contributed by atoms with Crippen LogP contribution in [0.4, 0.5) is 0 Å². The van der Waals surface area contributed by atoms with E-state index < -0.39 is 0 Å². The molecule has 0 aromatic heterocycles. The van der Waals surface area contributed by atoms with Crippen LogP contribution in [-0.2, 0) is 4.79 Å². The van der Waals surface area contributed by atoms with E-state index >= 15 is 0 Å². The van der Waals surface area contributed by atoms with Crippen molar-refractivity contribution in [2.45, 2.75) is 34.6 Å². The number of hydrogen-bond donors (Lipinski definition) is 1. The highest BCUT2D eigenvalue weighted by molar-refractivity contribution is 5.91. The van der Waals surface area contributed by atoms with Crippen molar-refractivity contribution < 1.29 is 9.90 Å². The van der Waals surface area contributed by atoms with Crippen molar-refractivity contribution in [3.63, 3.8) is 0 Å². The van der Waals surface area contributed by atoms with Crippen LogP contribution in [0.2, 0.25) is 0 Å². The van der Waals surface area contributed by atoms with E-state index in [1.54, 1.807) is 0 Å². The van der Waals surface area contributed by atoms with Gasteiger partial charge < -0.3 is 5.11 Å². The minimum Gasteiger partial charge on any atom is -0.512 e. The highest BCUT2D eigenvalue weighted by Crippen LogP contribution is 2.22. The van der Waals surface area contributed by atoms with E-state index in [1.165, 1.54) is 6.08 Å². The topological polar surface area (TPSA) is 37.3 Å². The van der Waals surface area contributed by atoms with Crippen LogP contribution in [0, 0.1) is 11.3 Å².